The van der Waals surface area contributed by atoms with E-state index < -0.39 is 0 Å². The van der Waals surface area contributed by atoms with Crippen LogP contribution in [0.3, 0.4) is 0 Å². The van der Waals surface area contributed by atoms with Gasteiger partial charge < -0.3 is 10.6 Å². The number of anilines is 1. The highest BCUT2D eigenvalue weighted by Crippen LogP contribution is 2.17. The standard InChI is InChI=1S/C23H26N4O3/c1-2-15-24-23(30)18-10-6-7-11-20(18)25-21(28)12-13-22(29)27-16-14-19(26-27)17-8-4-3-5-9-17/h3-11H,2,12-16H2,1H3,(H,24,30)(H,25,28). The van der Waals surface area contributed by atoms with Crippen LogP contribution in [0.5, 0.6) is 0 Å². The molecule has 0 radical (unpaired) electrons. The Kier molecular flexibility index (Phi) is 7.32. The first kappa shape index (κ1) is 21.2. The molecule has 7 heteroatoms. The third-order valence-corrected chi connectivity index (χ3v) is 4.74. The molecule has 0 aliphatic carbocycles. The third kappa shape index (κ3) is 5.53. The van der Waals surface area contributed by atoms with Crippen LogP contribution in [-0.2, 0) is 9.59 Å². The van der Waals surface area contributed by atoms with Crippen LogP contribution in [0.25, 0.3) is 0 Å². The van der Waals surface area contributed by atoms with Gasteiger partial charge in [-0.05, 0) is 24.1 Å². The normalized spacial score (nSPS) is 13.0. The lowest BCUT2D eigenvalue weighted by molar-refractivity contribution is -0.132. The Morgan fingerprint density at radius 2 is 1.73 bits per heavy atom. The van der Waals surface area contributed by atoms with Crippen molar-refractivity contribution in [3.05, 3.63) is 65.7 Å². The highest BCUT2D eigenvalue weighted by molar-refractivity contribution is 6.04. The van der Waals surface area contributed by atoms with Gasteiger partial charge in [0.15, 0.2) is 0 Å². The second kappa shape index (κ2) is 10.3. The van der Waals surface area contributed by atoms with E-state index >= 15 is 0 Å². The highest BCUT2D eigenvalue weighted by atomic mass is 16.2. The summed E-state index contributed by atoms with van der Waals surface area (Å²) in [5.41, 5.74) is 2.72. The quantitative estimate of drug-likeness (QED) is 0.705. The molecule has 0 fully saturated rings. The van der Waals surface area contributed by atoms with E-state index in [1.807, 2.05) is 37.3 Å². The van der Waals surface area contributed by atoms with Crippen molar-refractivity contribution in [2.45, 2.75) is 32.6 Å². The van der Waals surface area contributed by atoms with Crippen molar-refractivity contribution < 1.29 is 14.4 Å². The van der Waals surface area contributed by atoms with Gasteiger partial charge in [-0.3, -0.25) is 14.4 Å². The summed E-state index contributed by atoms with van der Waals surface area (Å²) >= 11 is 0. The molecule has 1 aliphatic heterocycles. The van der Waals surface area contributed by atoms with Crippen molar-refractivity contribution in [2.75, 3.05) is 18.4 Å². The summed E-state index contributed by atoms with van der Waals surface area (Å²) in [5.74, 6) is -0.737. The molecule has 2 aromatic rings. The monoisotopic (exact) mass is 406 g/mol. The molecule has 0 bridgehead atoms. The van der Waals surface area contributed by atoms with Crippen molar-refractivity contribution in [1.82, 2.24) is 10.3 Å². The maximum atomic E-state index is 12.4. The lowest BCUT2D eigenvalue weighted by Gasteiger charge is -2.13. The van der Waals surface area contributed by atoms with E-state index in [1.54, 1.807) is 24.3 Å². The Balaban J connectivity index is 1.54. The molecular formula is C23H26N4O3. The number of hydrogen-bond acceptors (Lipinski definition) is 4. The SMILES string of the molecule is CCCNC(=O)c1ccccc1NC(=O)CCC(=O)N1CCC(c2ccccc2)=N1. The topological polar surface area (TPSA) is 90.9 Å². The summed E-state index contributed by atoms with van der Waals surface area (Å²) in [7, 11) is 0. The van der Waals surface area contributed by atoms with Crippen LogP contribution >= 0.6 is 0 Å². The fourth-order valence-corrected chi connectivity index (χ4v) is 3.16. The van der Waals surface area contributed by atoms with Gasteiger partial charge >= 0.3 is 0 Å². The number of carbonyl (C=O) groups excluding carboxylic acids is 3. The van der Waals surface area contributed by atoms with Crippen molar-refractivity contribution in [1.29, 1.82) is 0 Å². The minimum absolute atomic E-state index is 0.0242. The summed E-state index contributed by atoms with van der Waals surface area (Å²) in [4.78, 5) is 37.1. The molecule has 0 aromatic heterocycles. The number of nitrogens with zero attached hydrogens (tertiary/aromatic N) is 2. The van der Waals surface area contributed by atoms with Crippen LogP contribution in [0.2, 0.25) is 0 Å². The predicted molar refractivity (Wildman–Crippen MR) is 116 cm³/mol. The van der Waals surface area contributed by atoms with Crippen LogP contribution in [0.1, 0.15) is 48.5 Å². The number of nitrogens with one attached hydrogen (secondary N) is 2. The van der Waals surface area contributed by atoms with Gasteiger partial charge in [0.05, 0.1) is 23.5 Å². The Bertz CT molecular complexity index is 940. The third-order valence-electron chi connectivity index (χ3n) is 4.74. The number of benzene rings is 2. The Morgan fingerprint density at radius 1 is 1.00 bits per heavy atom. The second-order valence-corrected chi connectivity index (χ2v) is 7.03. The van der Waals surface area contributed by atoms with E-state index in [9.17, 15) is 14.4 Å². The predicted octanol–water partition coefficient (Wildman–Crippen LogP) is 3.18. The molecule has 1 heterocycles. The molecule has 0 spiro atoms. The highest BCUT2D eigenvalue weighted by Gasteiger charge is 2.22. The molecule has 3 rings (SSSR count). The van der Waals surface area contributed by atoms with Crippen molar-refractivity contribution in [3.63, 3.8) is 0 Å². The van der Waals surface area contributed by atoms with Crippen LogP contribution in [0.15, 0.2) is 59.7 Å². The average Bonchev–Trinajstić information content (AvgIpc) is 3.27. The van der Waals surface area contributed by atoms with E-state index in [0.717, 1.165) is 17.7 Å². The number of hydrazone groups is 1. The lowest BCUT2D eigenvalue weighted by Crippen LogP contribution is -2.27. The summed E-state index contributed by atoms with van der Waals surface area (Å²) in [5, 5.41) is 11.4. The van der Waals surface area contributed by atoms with Gasteiger partial charge in [-0.2, -0.15) is 5.10 Å². The molecule has 7 nitrogen and oxygen atoms in total. The van der Waals surface area contributed by atoms with Crippen LogP contribution < -0.4 is 10.6 Å². The Labute approximate surface area is 176 Å². The van der Waals surface area contributed by atoms with Crippen LogP contribution in [0, 0.1) is 0 Å². The molecule has 30 heavy (non-hydrogen) atoms. The molecule has 1 aliphatic rings. The number of amides is 3. The zero-order chi connectivity index (χ0) is 21.3. The maximum Gasteiger partial charge on any atom is 0.253 e. The molecule has 3 amide bonds. The zero-order valence-electron chi connectivity index (χ0n) is 17.1. The number of hydrogen-bond donors (Lipinski definition) is 2. The molecule has 2 aromatic carbocycles. The first-order valence-electron chi connectivity index (χ1n) is 10.2. The van der Waals surface area contributed by atoms with Crippen LogP contribution in [-0.4, -0.2) is 41.5 Å². The molecule has 2 N–H and O–H groups in total. The van der Waals surface area contributed by atoms with Crippen LogP contribution in [0.4, 0.5) is 5.69 Å². The maximum absolute atomic E-state index is 12.4. The number of para-hydroxylation sites is 1. The van der Waals surface area contributed by atoms with Crippen molar-refractivity contribution >= 4 is 29.1 Å². The van der Waals surface area contributed by atoms with Gasteiger partial charge in [0.2, 0.25) is 11.8 Å². The van der Waals surface area contributed by atoms with E-state index in [-0.39, 0.29) is 30.6 Å². The molecule has 0 saturated heterocycles. The fourth-order valence-electron chi connectivity index (χ4n) is 3.16. The smallest absolute Gasteiger partial charge is 0.253 e. The fraction of sp³-hybridized carbons (Fsp3) is 0.304. The molecule has 0 saturated carbocycles. The summed E-state index contributed by atoms with van der Waals surface area (Å²) in [6.45, 7) is 3.06. The van der Waals surface area contributed by atoms with Gasteiger partial charge in [0, 0.05) is 25.8 Å². The number of carbonyl (C=O) groups is 3. The number of rotatable bonds is 8. The summed E-state index contributed by atoms with van der Waals surface area (Å²) < 4.78 is 0. The average molecular weight is 406 g/mol. The Morgan fingerprint density at radius 3 is 2.50 bits per heavy atom. The molecular weight excluding hydrogens is 380 g/mol. The minimum atomic E-state index is -0.314. The van der Waals surface area contributed by atoms with E-state index in [1.165, 1.54) is 5.01 Å². The van der Waals surface area contributed by atoms with Gasteiger partial charge in [0.25, 0.3) is 5.91 Å². The molecule has 156 valence electrons. The van der Waals surface area contributed by atoms with E-state index in [4.69, 9.17) is 0 Å². The largest absolute Gasteiger partial charge is 0.352 e. The Hall–Kier alpha value is -3.48. The van der Waals surface area contributed by atoms with Gasteiger partial charge in [-0.15, -0.1) is 0 Å². The van der Waals surface area contributed by atoms with E-state index in [2.05, 4.69) is 15.7 Å². The zero-order valence-corrected chi connectivity index (χ0v) is 17.1. The second-order valence-electron chi connectivity index (χ2n) is 7.03. The first-order valence-corrected chi connectivity index (χ1v) is 10.2. The molecule has 0 unspecified atom stereocenters. The lowest BCUT2D eigenvalue weighted by atomic mass is 10.1. The minimum Gasteiger partial charge on any atom is -0.352 e. The van der Waals surface area contributed by atoms with E-state index in [0.29, 0.717) is 30.8 Å². The van der Waals surface area contributed by atoms with Crippen molar-refractivity contribution in [3.8, 4) is 0 Å². The molecule has 0 atom stereocenters. The first-order chi connectivity index (χ1) is 14.6. The van der Waals surface area contributed by atoms with Gasteiger partial charge in [0.1, 0.15) is 0 Å². The summed E-state index contributed by atoms with van der Waals surface area (Å²) in [6.07, 6.45) is 1.60. The van der Waals surface area contributed by atoms with Gasteiger partial charge in [-0.25, -0.2) is 5.01 Å². The van der Waals surface area contributed by atoms with Crippen molar-refractivity contribution in [2.24, 2.45) is 5.10 Å². The summed E-state index contributed by atoms with van der Waals surface area (Å²) in [6, 6.07) is 16.6. The van der Waals surface area contributed by atoms with Gasteiger partial charge in [-0.1, -0.05) is 49.4 Å².